The molecule has 17 heavy (non-hydrogen) atoms. The van der Waals surface area contributed by atoms with Crippen molar-refractivity contribution in [2.45, 2.75) is 6.92 Å². The van der Waals surface area contributed by atoms with Crippen LogP contribution < -0.4 is 0 Å². The maximum Gasteiger partial charge on any atom is 0.0321 e. The van der Waals surface area contributed by atoms with Crippen molar-refractivity contribution in [3.05, 3.63) is 59.7 Å². The van der Waals surface area contributed by atoms with Crippen molar-refractivity contribution < 1.29 is 0 Å². The number of benzene rings is 3. The van der Waals surface area contributed by atoms with Crippen molar-refractivity contribution >= 4 is 21.5 Å². The molecular formula is C17H12. The largest absolute Gasteiger partial charge is 0.115 e. The van der Waals surface area contributed by atoms with Crippen LogP contribution >= 0.6 is 0 Å². The monoisotopic (exact) mass is 216 g/mol. The second kappa shape index (κ2) is 3.64. The number of hydrogen-bond acceptors (Lipinski definition) is 0. The molecule has 0 aliphatic rings. The lowest BCUT2D eigenvalue weighted by Gasteiger charge is -2.07. The molecule has 0 nitrogen and oxygen atoms in total. The van der Waals surface area contributed by atoms with Gasteiger partial charge in [-0.05, 0) is 52.2 Å². The van der Waals surface area contributed by atoms with Gasteiger partial charge in [0.25, 0.3) is 0 Å². The van der Waals surface area contributed by atoms with Crippen molar-refractivity contribution in [2.75, 3.05) is 0 Å². The third-order valence-electron chi connectivity index (χ3n) is 3.26. The van der Waals surface area contributed by atoms with Crippen LogP contribution in [0.4, 0.5) is 0 Å². The predicted molar refractivity (Wildman–Crippen MR) is 74.1 cm³/mol. The molecule has 0 bridgehead atoms. The zero-order valence-corrected chi connectivity index (χ0v) is 9.70. The smallest absolute Gasteiger partial charge is 0.0321 e. The molecule has 80 valence electrons. The van der Waals surface area contributed by atoms with E-state index in [1.807, 2.05) is 6.07 Å². The summed E-state index contributed by atoms with van der Waals surface area (Å²) in [6.45, 7) is 2.12. The third kappa shape index (κ3) is 1.48. The maximum absolute atomic E-state index is 5.56. The van der Waals surface area contributed by atoms with Gasteiger partial charge in [-0.1, -0.05) is 36.3 Å². The zero-order valence-electron chi connectivity index (χ0n) is 9.70. The number of terminal acetylenes is 1. The summed E-state index contributed by atoms with van der Waals surface area (Å²) >= 11 is 0. The first-order valence-corrected chi connectivity index (χ1v) is 5.68. The van der Waals surface area contributed by atoms with Crippen molar-refractivity contribution in [3.8, 4) is 12.3 Å². The SMILES string of the molecule is C#Cc1ccc(C)c2cc3ccccc3cc12. The van der Waals surface area contributed by atoms with Gasteiger partial charge in [-0.2, -0.15) is 0 Å². The quantitative estimate of drug-likeness (QED) is 0.388. The summed E-state index contributed by atoms with van der Waals surface area (Å²) in [5, 5.41) is 4.92. The van der Waals surface area contributed by atoms with Crippen molar-refractivity contribution in [1.29, 1.82) is 0 Å². The van der Waals surface area contributed by atoms with Crippen LogP contribution in [0.15, 0.2) is 48.5 Å². The van der Waals surface area contributed by atoms with Crippen molar-refractivity contribution in [2.24, 2.45) is 0 Å². The van der Waals surface area contributed by atoms with E-state index < -0.39 is 0 Å². The van der Waals surface area contributed by atoms with Crippen molar-refractivity contribution in [3.63, 3.8) is 0 Å². The van der Waals surface area contributed by atoms with E-state index in [1.54, 1.807) is 0 Å². The molecule has 0 radical (unpaired) electrons. The van der Waals surface area contributed by atoms with Crippen LogP contribution in [0.2, 0.25) is 0 Å². The summed E-state index contributed by atoms with van der Waals surface area (Å²) < 4.78 is 0. The molecule has 0 amide bonds. The number of fused-ring (bicyclic) bond motifs is 2. The Morgan fingerprint density at radius 2 is 1.53 bits per heavy atom. The Hall–Kier alpha value is -2.26. The molecule has 0 aliphatic heterocycles. The summed E-state index contributed by atoms with van der Waals surface area (Å²) in [5.74, 6) is 2.76. The topological polar surface area (TPSA) is 0 Å². The van der Waals surface area contributed by atoms with Gasteiger partial charge in [-0.25, -0.2) is 0 Å². The molecule has 0 saturated heterocycles. The van der Waals surface area contributed by atoms with Crippen LogP contribution in [0.1, 0.15) is 11.1 Å². The fraction of sp³-hybridized carbons (Fsp3) is 0.0588. The predicted octanol–water partition coefficient (Wildman–Crippen LogP) is 4.28. The minimum atomic E-state index is 0.969. The standard InChI is InChI=1S/C17H12/c1-3-13-9-8-12(2)16-10-14-6-4-5-7-15(14)11-17(13)16/h1,4-11H,2H3. The van der Waals surface area contributed by atoms with Gasteiger partial charge in [-0.3, -0.25) is 0 Å². The summed E-state index contributed by atoms with van der Waals surface area (Å²) in [4.78, 5) is 0. The Morgan fingerprint density at radius 3 is 2.18 bits per heavy atom. The van der Waals surface area contributed by atoms with Crippen LogP contribution in [-0.4, -0.2) is 0 Å². The fourth-order valence-electron chi connectivity index (χ4n) is 2.30. The van der Waals surface area contributed by atoms with E-state index in [1.165, 1.54) is 27.1 Å². The molecule has 0 atom stereocenters. The van der Waals surface area contributed by atoms with Crippen LogP contribution in [0.3, 0.4) is 0 Å². The van der Waals surface area contributed by atoms with Crippen LogP contribution in [0.25, 0.3) is 21.5 Å². The summed E-state index contributed by atoms with van der Waals surface area (Å²) in [7, 11) is 0. The average Bonchev–Trinajstić information content (AvgIpc) is 2.38. The third-order valence-corrected chi connectivity index (χ3v) is 3.26. The Labute approximate surface area is 101 Å². The first kappa shape index (κ1) is 9.93. The maximum atomic E-state index is 5.56. The molecule has 0 heterocycles. The zero-order chi connectivity index (χ0) is 11.8. The molecule has 3 aromatic carbocycles. The number of rotatable bonds is 0. The van der Waals surface area contributed by atoms with Crippen molar-refractivity contribution in [1.82, 2.24) is 0 Å². The van der Waals surface area contributed by atoms with E-state index in [2.05, 4.69) is 55.3 Å². The van der Waals surface area contributed by atoms with Gasteiger partial charge in [0.05, 0.1) is 0 Å². The van der Waals surface area contributed by atoms with E-state index >= 15 is 0 Å². The average molecular weight is 216 g/mol. The lowest BCUT2D eigenvalue weighted by atomic mass is 9.97. The van der Waals surface area contributed by atoms with Gasteiger partial charge in [-0.15, -0.1) is 6.42 Å². The van der Waals surface area contributed by atoms with E-state index in [9.17, 15) is 0 Å². The van der Waals surface area contributed by atoms with E-state index in [-0.39, 0.29) is 0 Å². The van der Waals surface area contributed by atoms with Crippen LogP contribution in [-0.2, 0) is 0 Å². The minimum Gasteiger partial charge on any atom is -0.115 e. The molecular weight excluding hydrogens is 204 g/mol. The second-order valence-electron chi connectivity index (χ2n) is 4.32. The first-order valence-electron chi connectivity index (χ1n) is 5.68. The molecule has 0 N–H and O–H groups in total. The Balaban J connectivity index is 2.56. The van der Waals surface area contributed by atoms with Gasteiger partial charge in [0, 0.05) is 5.56 Å². The molecule has 0 aliphatic carbocycles. The molecule has 0 aromatic heterocycles. The lowest BCUT2D eigenvalue weighted by Crippen LogP contribution is -1.84. The molecule has 0 heteroatoms. The highest BCUT2D eigenvalue weighted by molar-refractivity contribution is 6.01. The highest BCUT2D eigenvalue weighted by Crippen LogP contribution is 2.27. The fourth-order valence-corrected chi connectivity index (χ4v) is 2.30. The van der Waals surface area contributed by atoms with Gasteiger partial charge < -0.3 is 0 Å². The molecule has 0 spiro atoms. The van der Waals surface area contributed by atoms with E-state index in [0.29, 0.717) is 0 Å². The molecule has 3 aromatic rings. The summed E-state index contributed by atoms with van der Waals surface area (Å²) in [6.07, 6.45) is 5.56. The second-order valence-corrected chi connectivity index (χ2v) is 4.32. The number of aryl methyl sites for hydroxylation is 1. The van der Waals surface area contributed by atoms with Crippen LogP contribution in [0.5, 0.6) is 0 Å². The highest BCUT2D eigenvalue weighted by Gasteiger charge is 2.03. The molecule has 0 fully saturated rings. The van der Waals surface area contributed by atoms with E-state index in [0.717, 1.165) is 5.56 Å². The van der Waals surface area contributed by atoms with E-state index in [4.69, 9.17) is 6.42 Å². The normalized spacial score (nSPS) is 10.6. The van der Waals surface area contributed by atoms with Gasteiger partial charge in [0.15, 0.2) is 0 Å². The molecule has 0 saturated carbocycles. The minimum absolute atomic E-state index is 0.969. The highest BCUT2D eigenvalue weighted by atomic mass is 14.1. The Bertz CT molecular complexity index is 758. The summed E-state index contributed by atoms with van der Waals surface area (Å²) in [6, 6.07) is 16.9. The van der Waals surface area contributed by atoms with Crippen LogP contribution in [0, 0.1) is 19.3 Å². The molecule has 3 rings (SSSR count). The Morgan fingerprint density at radius 1 is 0.882 bits per heavy atom. The van der Waals surface area contributed by atoms with Gasteiger partial charge >= 0.3 is 0 Å². The summed E-state index contributed by atoms with van der Waals surface area (Å²) in [5.41, 5.74) is 2.24. The lowest BCUT2D eigenvalue weighted by molar-refractivity contribution is 1.53. The van der Waals surface area contributed by atoms with Gasteiger partial charge in [0.2, 0.25) is 0 Å². The first-order chi connectivity index (χ1) is 8.29. The number of hydrogen-bond donors (Lipinski definition) is 0. The Kier molecular flexibility index (Phi) is 2.13. The van der Waals surface area contributed by atoms with Gasteiger partial charge in [0.1, 0.15) is 0 Å². The molecule has 0 unspecified atom stereocenters.